The monoisotopic (exact) mass is 396 g/mol. The normalized spacial score (nSPS) is 12.8. The summed E-state index contributed by atoms with van der Waals surface area (Å²) in [5.41, 5.74) is 0.900. The van der Waals surface area contributed by atoms with Gasteiger partial charge in [0.2, 0.25) is 5.89 Å². The highest BCUT2D eigenvalue weighted by molar-refractivity contribution is 14.0. The molecule has 1 unspecified atom stereocenters. The number of hydrogen-bond acceptors (Lipinski definition) is 4. The van der Waals surface area contributed by atoms with E-state index in [2.05, 4.69) is 20.6 Å². The molecule has 20 heavy (non-hydrogen) atoms. The van der Waals surface area contributed by atoms with Crippen LogP contribution in [0.4, 0.5) is 0 Å². The minimum absolute atomic E-state index is 0. The molecule has 116 valence electrons. The lowest BCUT2D eigenvalue weighted by molar-refractivity contribution is 0.238. The third-order valence-electron chi connectivity index (χ3n) is 2.72. The van der Waals surface area contributed by atoms with E-state index in [0.717, 1.165) is 18.0 Å². The zero-order chi connectivity index (χ0) is 14.3. The topological polar surface area (TPSA) is 82.7 Å². The van der Waals surface area contributed by atoms with Crippen LogP contribution >= 0.6 is 24.0 Å². The summed E-state index contributed by atoms with van der Waals surface area (Å²) in [7, 11) is 0. The average Bonchev–Trinajstić information content (AvgIpc) is 2.71. The van der Waals surface area contributed by atoms with E-state index in [1.807, 2.05) is 27.7 Å². The number of guanidine groups is 1. The molecule has 0 saturated carbocycles. The number of oxazole rings is 1. The SMILES string of the molecule is CCNC(=NCc1nc(C)c(C)o1)NCC(C)CO.I. The lowest BCUT2D eigenvalue weighted by atomic mass is 10.2. The summed E-state index contributed by atoms with van der Waals surface area (Å²) in [5, 5.41) is 15.3. The van der Waals surface area contributed by atoms with Gasteiger partial charge in [0.15, 0.2) is 5.96 Å². The first kappa shape index (κ1) is 19.2. The van der Waals surface area contributed by atoms with E-state index in [1.165, 1.54) is 0 Å². The summed E-state index contributed by atoms with van der Waals surface area (Å²) >= 11 is 0. The molecule has 1 atom stereocenters. The molecule has 0 radical (unpaired) electrons. The van der Waals surface area contributed by atoms with Gasteiger partial charge in [-0.05, 0) is 26.7 Å². The second-order valence-electron chi connectivity index (χ2n) is 4.61. The smallest absolute Gasteiger partial charge is 0.216 e. The summed E-state index contributed by atoms with van der Waals surface area (Å²) in [6, 6.07) is 0. The molecule has 0 amide bonds. The van der Waals surface area contributed by atoms with Crippen LogP contribution in [0.2, 0.25) is 0 Å². The largest absolute Gasteiger partial charge is 0.444 e. The summed E-state index contributed by atoms with van der Waals surface area (Å²) in [5.74, 6) is 2.34. The highest BCUT2D eigenvalue weighted by Crippen LogP contribution is 2.08. The van der Waals surface area contributed by atoms with Gasteiger partial charge in [0, 0.05) is 19.7 Å². The van der Waals surface area contributed by atoms with Gasteiger partial charge in [-0.25, -0.2) is 9.98 Å². The molecule has 0 aromatic carbocycles. The Hall–Kier alpha value is -0.830. The lowest BCUT2D eigenvalue weighted by Gasteiger charge is -2.13. The van der Waals surface area contributed by atoms with E-state index < -0.39 is 0 Å². The van der Waals surface area contributed by atoms with Gasteiger partial charge in [0.1, 0.15) is 12.3 Å². The van der Waals surface area contributed by atoms with Crippen LogP contribution in [0.25, 0.3) is 0 Å². The molecule has 0 aliphatic rings. The van der Waals surface area contributed by atoms with Crippen molar-refractivity contribution in [3.8, 4) is 0 Å². The summed E-state index contributed by atoms with van der Waals surface area (Å²) in [6.45, 7) is 9.79. The zero-order valence-corrected chi connectivity index (χ0v) is 14.9. The molecule has 1 rings (SSSR count). The predicted molar refractivity (Wildman–Crippen MR) is 90.5 cm³/mol. The third kappa shape index (κ3) is 6.56. The molecular weight excluding hydrogens is 371 g/mol. The lowest BCUT2D eigenvalue weighted by Crippen LogP contribution is -2.39. The van der Waals surface area contributed by atoms with Crippen LogP contribution in [0.5, 0.6) is 0 Å². The number of rotatable bonds is 6. The fourth-order valence-electron chi connectivity index (χ4n) is 1.43. The van der Waals surface area contributed by atoms with Gasteiger partial charge in [-0.2, -0.15) is 0 Å². The van der Waals surface area contributed by atoms with Crippen molar-refractivity contribution in [2.24, 2.45) is 10.9 Å². The van der Waals surface area contributed by atoms with Crippen molar-refractivity contribution in [1.29, 1.82) is 0 Å². The Morgan fingerprint density at radius 1 is 1.40 bits per heavy atom. The van der Waals surface area contributed by atoms with Crippen molar-refractivity contribution in [2.45, 2.75) is 34.2 Å². The Labute approximate surface area is 137 Å². The second-order valence-corrected chi connectivity index (χ2v) is 4.61. The van der Waals surface area contributed by atoms with E-state index in [4.69, 9.17) is 9.52 Å². The van der Waals surface area contributed by atoms with Crippen LogP contribution in [0.1, 0.15) is 31.2 Å². The standard InChI is InChI=1S/C13H24N4O2.HI/c1-5-14-13(15-6-9(2)8-18)16-7-12-17-10(3)11(4)19-12;/h9,18H,5-8H2,1-4H3,(H2,14,15,16);1H. The van der Waals surface area contributed by atoms with Crippen LogP contribution in [0.15, 0.2) is 9.41 Å². The third-order valence-corrected chi connectivity index (χ3v) is 2.72. The first-order chi connectivity index (χ1) is 9.06. The number of aliphatic imine (C=N–C) groups is 1. The van der Waals surface area contributed by atoms with Crippen LogP contribution in [-0.2, 0) is 6.54 Å². The quantitative estimate of drug-likeness (QED) is 0.387. The van der Waals surface area contributed by atoms with Crippen LogP contribution in [0.3, 0.4) is 0 Å². The molecule has 0 fully saturated rings. The fraction of sp³-hybridized carbons (Fsp3) is 0.692. The highest BCUT2D eigenvalue weighted by atomic mass is 127. The van der Waals surface area contributed by atoms with Gasteiger partial charge in [0.25, 0.3) is 0 Å². The number of aliphatic hydroxyl groups excluding tert-OH is 1. The number of nitrogens with zero attached hydrogens (tertiary/aromatic N) is 2. The maximum atomic E-state index is 8.99. The van der Waals surface area contributed by atoms with E-state index in [-0.39, 0.29) is 36.5 Å². The molecular formula is C13H25IN4O2. The van der Waals surface area contributed by atoms with Crippen molar-refractivity contribution in [3.05, 3.63) is 17.3 Å². The molecule has 3 N–H and O–H groups in total. The molecule has 1 heterocycles. The van der Waals surface area contributed by atoms with Gasteiger partial charge in [-0.15, -0.1) is 24.0 Å². The fourth-order valence-corrected chi connectivity index (χ4v) is 1.43. The minimum Gasteiger partial charge on any atom is -0.444 e. The molecule has 0 spiro atoms. The van der Waals surface area contributed by atoms with E-state index in [0.29, 0.717) is 24.9 Å². The van der Waals surface area contributed by atoms with Crippen LogP contribution in [-0.4, -0.2) is 35.7 Å². The molecule has 6 nitrogen and oxygen atoms in total. The Balaban J connectivity index is 0.00000361. The summed E-state index contributed by atoms with van der Waals surface area (Å²) in [4.78, 5) is 8.69. The van der Waals surface area contributed by atoms with E-state index in [9.17, 15) is 0 Å². The Bertz CT molecular complexity index is 401. The van der Waals surface area contributed by atoms with Gasteiger partial charge in [0.05, 0.1) is 5.69 Å². The van der Waals surface area contributed by atoms with Crippen molar-refractivity contribution in [2.75, 3.05) is 19.7 Å². The summed E-state index contributed by atoms with van der Waals surface area (Å²) < 4.78 is 5.48. The second kappa shape index (κ2) is 9.98. The molecule has 7 heteroatoms. The van der Waals surface area contributed by atoms with Gasteiger partial charge >= 0.3 is 0 Å². The predicted octanol–water partition coefficient (Wildman–Crippen LogP) is 1.59. The molecule has 0 aliphatic heterocycles. The maximum Gasteiger partial charge on any atom is 0.216 e. The number of aliphatic hydroxyl groups is 1. The highest BCUT2D eigenvalue weighted by Gasteiger charge is 2.06. The van der Waals surface area contributed by atoms with Crippen molar-refractivity contribution in [1.82, 2.24) is 15.6 Å². The van der Waals surface area contributed by atoms with Crippen LogP contribution in [0, 0.1) is 19.8 Å². The molecule has 0 bridgehead atoms. The zero-order valence-electron chi connectivity index (χ0n) is 12.6. The maximum absolute atomic E-state index is 8.99. The van der Waals surface area contributed by atoms with E-state index in [1.54, 1.807) is 0 Å². The number of hydrogen-bond donors (Lipinski definition) is 3. The van der Waals surface area contributed by atoms with E-state index >= 15 is 0 Å². The first-order valence-electron chi connectivity index (χ1n) is 6.62. The van der Waals surface area contributed by atoms with Crippen LogP contribution < -0.4 is 10.6 Å². The van der Waals surface area contributed by atoms with Gasteiger partial charge in [-0.3, -0.25) is 0 Å². The van der Waals surface area contributed by atoms with Gasteiger partial charge < -0.3 is 20.2 Å². The van der Waals surface area contributed by atoms with Crippen molar-refractivity contribution in [3.63, 3.8) is 0 Å². The average molecular weight is 396 g/mol. The molecule has 1 aromatic rings. The number of nitrogens with one attached hydrogen (secondary N) is 2. The Kier molecular flexibility index (Phi) is 9.56. The number of aryl methyl sites for hydroxylation is 2. The molecule has 0 aliphatic carbocycles. The molecule has 1 aromatic heterocycles. The number of aromatic nitrogens is 1. The van der Waals surface area contributed by atoms with Crippen molar-refractivity contribution < 1.29 is 9.52 Å². The van der Waals surface area contributed by atoms with Gasteiger partial charge in [-0.1, -0.05) is 6.92 Å². The first-order valence-corrected chi connectivity index (χ1v) is 6.62. The summed E-state index contributed by atoms with van der Waals surface area (Å²) in [6.07, 6.45) is 0. The van der Waals surface area contributed by atoms with Crippen molar-refractivity contribution >= 4 is 29.9 Å². The Morgan fingerprint density at radius 3 is 2.60 bits per heavy atom. The Morgan fingerprint density at radius 2 is 2.10 bits per heavy atom. The number of halogens is 1. The molecule has 0 saturated heterocycles. The minimum atomic E-state index is 0.